The van der Waals surface area contributed by atoms with Crippen LogP contribution < -0.4 is 5.32 Å². The molecule has 0 bridgehead atoms. The summed E-state index contributed by atoms with van der Waals surface area (Å²) in [7, 11) is 0. The second kappa shape index (κ2) is 4.85. The number of nitrogens with one attached hydrogen (secondary N) is 1. The molecule has 1 aromatic rings. The van der Waals surface area contributed by atoms with Gasteiger partial charge in [-0.15, -0.1) is 0 Å². The number of hydrogen-bond acceptors (Lipinski definition) is 2. The fourth-order valence-corrected chi connectivity index (χ4v) is 3.07. The van der Waals surface area contributed by atoms with Crippen LogP contribution in [0.4, 0.5) is 4.39 Å². The van der Waals surface area contributed by atoms with Crippen LogP contribution in [-0.4, -0.2) is 10.8 Å². The van der Waals surface area contributed by atoms with Crippen LogP contribution in [0.15, 0.2) is 30.0 Å². The monoisotopic (exact) mass is 275 g/mol. The quantitative estimate of drug-likeness (QED) is 0.841. The molecule has 1 atom stereocenters. The number of halogens is 1. The molecule has 0 fully saturated rings. The van der Waals surface area contributed by atoms with Crippen LogP contribution in [0, 0.1) is 11.7 Å². The van der Waals surface area contributed by atoms with Crippen molar-refractivity contribution in [2.75, 3.05) is 0 Å². The lowest BCUT2D eigenvalue weighted by Gasteiger charge is -2.23. The summed E-state index contributed by atoms with van der Waals surface area (Å²) in [6, 6.07) is 4.46. The number of benzene rings is 1. The topological polar surface area (TPSA) is 29.1 Å². The van der Waals surface area contributed by atoms with E-state index in [-0.39, 0.29) is 17.5 Å². The van der Waals surface area contributed by atoms with Crippen molar-refractivity contribution in [3.63, 3.8) is 0 Å². The number of Topliss-reactive ketones (excluding diaryl/α,β-unsaturated/α-hetero) is 1. The van der Waals surface area contributed by atoms with Crippen LogP contribution in [0.5, 0.6) is 0 Å². The minimum atomic E-state index is -0.266. The van der Waals surface area contributed by atoms with Crippen molar-refractivity contribution in [3.05, 3.63) is 46.9 Å². The predicted octanol–water partition coefficient (Wildman–Crippen LogP) is 3.17. The zero-order valence-electron chi connectivity index (χ0n) is 10.4. The summed E-state index contributed by atoms with van der Waals surface area (Å²) in [4.78, 5) is 13.2. The van der Waals surface area contributed by atoms with Gasteiger partial charge in [0.25, 0.3) is 0 Å². The SMILES string of the molecule is O=C1c2ccc(F)cc2CCC1CC1=CNC(=S)C1. The average molecular weight is 275 g/mol. The minimum absolute atomic E-state index is 0.00640. The van der Waals surface area contributed by atoms with E-state index in [2.05, 4.69) is 5.32 Å². The Bertz CT molecular complexity index is 594. The molecule has 1 unspecified atom stereocenters. The van der Waals surface area contributed by atoms with Crippen LogP contribution in [0.3, 0.4) is 0 Å². The fraction of sp³-hybridized carbons (Fsp3) is 0.333. The molecule has 3 rings (SSSR count). The Morgan fingerprint density at radius 3 is 3.00 bits per heavy atom. The van der Waals surface area contributed by atoms with Gasteiger partial charge in [0.15, 0.2) is 5.78 Å². The maximum absolute atomic E-state index is 13.1. The Hall–Kier alpha value is -1.55. The molecule has 1 aliphatic carbocycles. The minimum Gasteiger partial charge on any atom is -0.356 e. The Morgan fingerprint density at radius 2 is 2.26 bits per heavy atom. The highest BCUT2D eigenvalue weighted by atomic mass is 32.1. The molecule has 1 heterocycles. The number of rotatable bonds is 2. The molecule has 2 nitrogen and oxygen atoms in total. The van der Waals surface area contributed by atoms with E-state index in [1.54, 1.807) is 6.07 Å². The van der Waals surface area contributed by atoms with Gasteiger partial charge in [-0.2, -0.15) is 0 Å². The first-order valence-electron chi connectivity index (χ1n) is 6.43. The van der Waals surface area contributed by atoms with Gasteiger partial charge in [-0.25, -0.2) is 4.39 Å². The smallest absolute Gasteiger partial charge is 0.166 e. The Morgan fingerprint density at radius 1 is 1.42 bits per heavy atom. The van der Waals surface area contributed by atoms with E-state index in [1.807, 2.05) is 6.20 Å². The first kappa shape index (κ1) is 12.5. The lowest BCUT2D eigenvalue weighted by molar-refractivity contribution is 0.0901. The lowest BCUT2D eigenvalue weighted by atomic mass is 9.79. The third-order valence-corrected chi connectivity index (χ3v) is 4.06. The number of fused-ring (bicyclic) bond motifs is 1. The molecule has 1 N–H and O–H groups in total. The van der Waals surface area contributed by atoms with Crippen LogP contribution in [0.1, 0.15) is 35.2 Å². The number of carbonyl (C=O) groups excluding carboxylic acids is 1. The zero-order valence-corrected chi connectivity index (χ0v) is 11.2. The zero-order chi connectivity index (χ0) is 13.4. The molecule has 0 saturated heterocycles. The molecular weight excluding hydrogens is 261 g/mol. The van der Waals surface area contributed by atoms with Crippen molar-refractivity contribution in [2.45, 2.75) is 25.7 Å². The van der Waals surface area contributed by atoms with Crippen LogP contribution in [0.2, 0.25) is 0 Å². The van der Waals surface area contributed by atoms with Crippen LogP contribution in [0.25, 0.3) is 0 Å². The van der Waals surface area contributed by atoms with Gasteiger partial charge < -0.3 is 5.32 Å². The molecule has 2 aliphatic rings. The Kier molecular flexibility index (Phi) is 3.19. The number of aryl methyl sites for hydroxylation is 1. The average Bonchev–Trinajstić information content (AvgIpc) is 2.78. The van der Waals surface area contributed by atoms with Gasteiger partial charge in [0.05, 0.1) is 4.99 Å². The molecule has 19 heavy (non-hydrogen) atoms. The van der Waals surface area contributed by atoms with Crippen LogP contribution in [-0.2, 0) is 6.42 Å². The molecule has 0 saturated carbocycles. The van der Waals surface area contributed by atoms with Crippen molar-refractivity contribution < 1.29 is 9.18 Å². The molecule has 1 aliphatic heterocycles. The first-order valence-corrected chi connectivity index (χ1v) is 6.84. The van der Waals surface area contributed by atoms with Gasteiger partial charge in [0, 0.05) is 24.1 Å². The van der Waals surface area contributed by atoms with Crippen molar-refractivity contribution in [1.82, 2.24) is 5.32 Å². The second-order valence-corrected chi connectivity index (χ2v) is 5.65. The standard InChI is InChI=1S/C15H14FNOS/c16-12-3-4-13-10(7-12)1-2-11(15(13)18)5-9-6-14(19)17-8-9/h3-4,7-8,11H,1-2,5-6H2,(H,17,19). The normalized spacial score (nSPS) is 21.9. The maximum Gasteiger partial charge on any atom is 0.166 e. The fourth-order valence-electron chi connectivity index (χ4n) is 2.82. The van der Waals surface area contributed by atoms with Gasteiger partial charge >= 0.3 is 0 Å². The van der Waals surface area contributed by atoms with E-state index in [0.717, 1.165) is 36.2 Å². The molecule has 0 radical (unpaired) electrons. The number of carbonyl (C=O) groups is 1. The highest BCUT2D eigenvalue weighted by molar-refractivity contribution is 7.80. The van der Waals surface area contributed by atoms with E-state index < -0.39 is 0 Å². The largest absolute Gasteiger partial charge is 0.356 e. The summed E-state index contributed by atoms with van der Waals surface area (Å²) in [5.74, 6) is -0.120. The molecule has 0 spiro atoms. The molecule has 1 aromatic carbocycles. The number of ketones is 1. The van der Waals surface area contributed by atoms with E-state index >= 15 is 0 Å². The second-order valence-electron chi connectivity index (χ2n) is 5.15. The van der Waals surface area contributed by atoms with Crippen molar-refractivity contribution >= 4 is 23.0 Å². The summed E-state index contributed by atoms with van der Waals surface area (Å²) in [5.41, 5.74) is 2.72. The van der Waals surface area contributed by atoms with E-state index in [9.17, 15) is 9.18 Å². The highest BCUT2D eigenvalue weighted by Gasteiger charge is 2.28. The van der Waals surface area contributed by atoms with Gasteiger partial charge in [0.2, 0.25) is 0 Å². The van der Waals surface area contributed by atoms with E-state index in [4.69, 9.17) is 12.2 Å². The van der Waals surface area contributed by atoms with Crippen molar-refractivity contribution in [3.8, 4) is 0 Å². The highest BCUT2D eigenvalue weighted by Crippen LogP contribution is 2.31. The van der Waals surface area contributed by atoms with Crippen molar-refractivity contribution in [2.24, 2.45) is 5.92 Å². The number of thiocarbonyl (C=S) groups is 1. The Labute approximate surface area is 116 Å². The molecule has 0 amide bonds. The van der Waals surface area contributed by atoms with E-state index in [0.29, 0.717) is 5.56 Å². The summed E-state index contributed by atoms with van der Waals surface area (Å²) in [6.45, 7) is 0. The lowest BCUT2D eigenvalue weighted by Crippen LogP contribution is -2.23. The molecular formula is C15H14FNOS. The predicted molar refractivity (Wildman–Crippen MR) is 75.6 cm³/mol. The molecule has 0 aromatic heterocycles. The molecule has 4 heteroatoms. The summed E-state index contributed by atoms with van der Waals surface area (Å²) in [6.07, 6.45) is 4.99. The summed E-state index contributed by atoms with van der Waals surface area (Å²) < 4.78 is 13.1. The third kappa shape index (κ3) is 2.45. The van der Waals surface area contributed by atoms with Gasteiger partial charge in [-0.05, 0) is 48.6 Å². The summed E-state index contributed by atoms with van der Waals surface area (Å²) >= 11 is 5.08. The summed E-state index contributed by atoms with van der Waals surface area (Å²) in [5, 5.41) is 3.01. The van der Waals surface area contributed by atoms with Gasteiger partial charge in [0.1, 0.15) is 5.82 Å². The number of hydrogen-bond donors (Lipinski definition) is 1. The van der Waals surface area contributed by atoms with Crippen molar-refractivity contribution in [1.29, 1.82) is 0 Å². The third-order valence-electron chi connectivity index (χ3n) is 3.80. The van der Waals surface area contributed by atoms with Gasteiger partial charge in [-0.1, -0.05) is 12.2 Å². The maximum atomic E-state index is 13.1. The molecule has 98 valence electrons. The van der Waals surface area contributed by atoms with E-state index in [1.165, 1.54) is 17.7 Å². The van der Waals surface area contributed by atoms with Crippen LogP contribution >= 0.6 is 12.2 Å². The van der Waals surface area contributed by atoms with Gasteiger partial charge in [-0.3, -0.25) is 4.79 Å². The first-order chi connectivity index (χ1) is 9.13. The Balaban J connectivity index is 1.78.